The largest absolute Gasteiger partial charge is 0.496 e. The van der Waals surface area contributed by atoms with Crippen LogP contribution in [-0.2, 0) is 11.3 Å². The maximum Gasteiger partial charge on any atom is 0.255 e. The van der Waals surface area contributed by atoms with E-state index in [-0.39, 0.29) is 35.0 Å². The van der Waals surface area contributed by atoms with Crippen LogP contribution in [0.1, 0.15) is 28.4 Å². The first-order chi connectivity index (χ1) is 14.3. The number of rotatable bonds is 9. The third-order valence-corrected chi connectivity index (χ3v) is 4.23. The summed E-state index contributed by atoms with van der Waals surface area (Å²) < 4.78 is 18.5. The number of hydrogen-bond donors (Lipinski definition) is 5. The second-order valence-corrected chi connectivity index (χ2v) is 6.28. The Balaban J connectivity index is 2.12. The van der Waals surface area contributed by atoms with Gasteiger partial charge in [0.2, 0.25) is 0 Å². The molecule has 2 amide bonds. The van der Waals surface area contributed by atoms with Crippen LogP contribution in [0.25, 0.3) is 0 Å². The van der Waals surface area contributed by atoms with E-state index in [0.29, 0.717) is 12.1 Å². The Labute approximate surface area is 173 Å². The third kappa shape index (κ3) is 5.34. The van der Waals surface area contributed by atoms with Gasteiger partial charge in [0.05, 0.1) is 18.4 Å². The average molecular weight is 413 g/mol. The summed E-state index contributed by atoms with van der Waals surface area (Å²) in [5, 5.41) is 13.7. The van der Waals surface area contributed by atoms with Gasteiger partial charge in [-0.25, -0.2) is 4.39 Å². The van der Waals surface area contributed by atoms with Gasteiger partial charge in [0, 0.05) is 18.7 Å². The molecule has 0 aliphatic heterocycles. The maximum atomic E-state index is 13.4. The highest BCUT2D eigenvalue weighted by molar-refractivity contribution is 6.26. The number of carbonyl (C=O) groups is 2. The summed E-state index contributed by atoms with van der Waals surface area (Å²) in [6.45, 7) is 2.45. The van der Waals surface area contributed by atoms with Crippen molar-refractivity contribution in [1.29, 1.82) is 5.41 Å². The number of benzene rings is 2. The number of methoxy groups -OCH3 is 1. The number of primary amides is 1. The lowest BCUT2D eigenvalue weighted by atomic mass is 10.0. The van der Waals surface area contributed by atoms with Crippen LogP contribution in [0, 0.1) is 11.2 Å². The molecular formula is C21H24FN5O3. The van der Waals surface area contributed by atoms with Gasteiger partial charge < -0.3 is 26.8 Å². The molecular weight excluding hydrogens is 389 g/mol. The maximum absolute atomic E-state index is 13.4. The summed E-state index contributed by atoms with van der Waals surface area (Å²) in [4.78, 5) is 24.1. The summed E-state index contributed by atoms with van der Waals surface area (Å²) in [7, 11) is 1.40. The fraction of sp³-hybridized carbons (Fsp3) is 0.190. The number of carbonyl (C=O) groups excluding carboxylic acids is 2. The van der Waals surface area contributed by atoms with Crippen molar-refractivity contribution in [2.75, 3.05) is 13.7 Å². The number of amides is 2. The lowest BCUT2D eigenvalue weighted by Crippen LogP contribution is -2.31. The van der Waals surface area contributed by atoms with Crippen LogP contribution < -0.4 is 26.8 Å². The van der Waals surface area contributed by atoms with E-state index in [0.717, 1.165) is 11.6 Å². The standard InChI is InChI=1S/C21H24FN5O3/c1-3-26-19(24)17(20(25)28)18(23)13-6-4-12(5-7-13)11-27-21(29)15-10-14(22)8-9-16(15)30-2/h4-10,23,26H,3,11,24H2,1-2H3,(H2,25,28)(H,27,29)/b19-17+,23-18?. The molecule has 30 heavy (non-hydrogen) atoms. The number of nitrogens with one attached hydrogen (secondary N) is 3. The predicted molar refractivity (Wildman–Crippen MR) is 111 cm³/mol. The van der Waals surface area contributed by atoms with Crippen molar-refractivity contribution >= 4 is 17.5 Å². The Hall–Kier alpha value is -3.88. The molecule has 0 aromatic heterocycles. The van der Waals surface area contributed by atoms with E-state index in [1.54, 1.807) is 31.2 Å². The molecule has 9 heteroatoms. The Morgan fingerprint density at radius 1 is 1.10 bits per heavy atom. The van der Waals surface area contributed by atoms with Crippen LogP contribution in [0.2, 0.25) is 0 Å². The van der Waals surface area contributed by atoms with Crippen LogP contribution in [0.3, 0.4) is 0 Å². The molecule has 0 atom stereocenters. The molecule has 0 aliphatic carbocycles. The molecule has 0 radical (unpaired) electrons. The highest BCUT2D eigenvalue weighted by atomic mass is 19.1. The molecule has 0 unspecified atom stereocenters. The van der Waals surface area contributed by atoms with Crippen molar-refractivity contribution < 1.29 is 18.7 Å². The van der Waals surface area contributed by atoms with Crippen molar-refractivity contribution in [3.05, 3.63) is 76.4 Å². The molecule has 0 heterocycles. The minimum Gasteiger partial charge on any atom is -0.496 e. The molecule has 0 fully saturated rings. The van der Waals surface area contributed by atoms with Crippen molar-refractivity contribution in [3.8, 4) is 5.75 Å². The monoisotopic (exact) mass is 413 g/mol. The van der Waals surface area contributed by atoms with Crippen molar-refractivity contribution in [3.63, 3.8) is 0 Å². The summed E-state index contributed by atoms with van der Waals surface area (Å²) in [5.41, 5.74) is 12.2. The summed E-state index contributed by atoms with van der Waals surface area (Å²) >= 11 is 0. The minimum atomic E-state index is -0.807. The number of halogens is 1. The number of ether oxygens (including phenoxy) is 1. The van der Waals surface area contributed by atoms with Gasteiger partial charge in [-0.05, 0) is 30.7 Å². The van der Waals surface area contributed by atoms with Gasteiger partial charge in [-0.2, -0.15) is 0 Å². The fourth-order valence-electron chi connectivity index (χ4n) is 2.74. The van der Waals surface area contributed by atoms with Crippen LogP contribution in [0.5, 0.6) is 5.75 Å². The molecule has 0 bridgehead atoms. The normalized spacial score (nSPS) is 11.3. The van der Waals surface area contributed by atoms with Crippen LogP contribution in [0.15, 0.2) is 53.9 Å². The number of nitrogens with two attached hydrogens (primary N) is 2. The first-order valence-corrected chi connectivity index (χ1v) is 9.11. The van der Waals surface area contributed by atoms with E-state index in [2.05, 4.69) is 10.6 Å². The van der Waals surface area contributed by atoms with Gasteiger partial charge in [-0.15, -0.1) is 0 Å². The summed E-state index contributed by atoms with van der Waals surface area (Å²) in [6.07, 6.45) is 0. The van der Waals surface area contributed by atoms with Crippen LogP contribution in [-0.4, -0.2) is 31.2 Å². The molecule has 0 aliphatic rings. The first-order valence-electron chi connectivity index (χ1n) is 9.11. The highest BCUT2D eigenvalue weighted by Gasteiger charge is 2.18. The molecule has 2 aromatic rings. The summed E-state index contributed by atoms with van der Waals surface area (Å²) in [5.74, 6) is -1.53. The van der Waals surface area contributed by atoms with Crippen molar-refractivity contribution in [2.45, 2.75) is 13.5 Å². The predicted octanol–water partition coefficient (Wildman–Crippen LogP) is 1.40. The lowest BCUT2D eigenvalue weighted by Gasteiger charge is -2.12. The molecule has 2 rings (SSSR count). The van der Waals surface area contributed by atoms with E-state index >= 15 is 0 Å². The zero-order valence-electron chi connectivity index (χ0n) is 16.7. The van der Waals surface area contributed by atoms with E-state index in [1.807, 2.05) is 0 Å². The minimum absolute atomic E-state index is 0.0374. The zero-order chi connectivity index (χ0) is 22.3. The van der Waals surface area contributed by atoms with Gasteiger partial charge in [0.25, 0.3) is 11.8 Å². The van der Waals surface area contributed by atoms with Crippen LogP contribution in [0.4, 0.5) is 4.39 Å². The molecule has 2 aromatic carbocycles. The smallest absolute Gasteiger partial charge is 0.255 e. The highest BCUT2D eigenvalue weighted by Crippen LogP contribution is 2.19. The third-order valence-electron chi connectivity index (χ3n) is 4.23. The Morgan fingerprint density at radius 3 is 2.33 bits per heavy atom. The fourth-order valence-corrected chi connectivity index (χ4v) is 2.74. The molecule has 0 spiro atoms. The van der Waals surface area contributed by atoms with Crippen molar-refractivity contribution in [1.82, 2.24) is 10.6 Å². The van der Waals surface area contributed by atoms with Crippen molar-refractivity contribution in [2.24, 2.45) is 11.5 Å². The van der Waals surface area contributed by atoms with Gasteiger partial charge in [0.15, 0.2) is 0 Å². The SMILES string of the molecule is CCN/C(N)=C(\C(=N)c1ccc(CNC(=O)c2cc(F)ccc2OC)cc1)C(N)=O. The van der Waals surface area contributed by atoms with Crippen LogP contribution >= 0.6 is 0 Å². The van der Waals surface area contributed by atoms with E-state index in [1.165, 1.54) is 19.2 Å². The van der Waals surface area contributed by atoms with Gasteiger partial charge in [0.1, 0.15) is 23.0 Å². The first kappa shape index (κ1) is 22.4. The quantitative estimate of drug-likeness (QED) is 0.312. The average Bonchev–Trinajstić information content (AvgIpc) is 2.72. The summed E-state index contributed by atoms with van der Waals surface area (Å²) in [6, 6.07) is 10.3. The Bertz CT molecular complexity index is 987. The molecule has 158 valence electrons. The Kier molecular flexibility index (Phi) is 7.51. The topological polar surface area (TPSA) is 143 Å². The number of hydrogen-bond acceptors (Lipinski definition) is 6. The zero-order valence-corrected chi connectivity index (χ0v) is 16.7. The molecule has 0 saturated heterocycles. The van der Waals surface area contributed by atoms with E-state index < -0.39 is 17.6 Å². The Morgan fingerprint density at radius 2 is 1.77 bits per heavy atom. The van der Waals surface area contributed by atoms with Gasteiger partial charge in [-0.1, -0.05) is 24.3 Å². The van der Waals surface area contributed by atoms with E-state index in [4.69, 9.17) is 21.6 Å². The van der Waals surface area contributed by atoms with Gasteiger partial charge in [-0.3, -0.25) is 15.0 Å². The molecule has 7 N–H and O–H groups in total. The second kappa shape index (κ2) is 10.1. The van der Waals surface area contributed by atoms with Gasteiger partial charge >= 0.3 is 0 Å². The molecule has 0 saturated carbocycles. The second-order valence-electron chi connectivity index (χ2n) is 6.28. The van der Waals surface area contributed by atoms with E-state index in [9.17, 15) is 14.0 Å². The lowest BCUT2D eigenvalue weighted by molar-refractivity contribution is -0.114. The molecule has 8 nitrogen and oxygen atoms in total.